The number of benzene rings is 1. The fourth-order valence-electron chi connectivity index (χ4n) is 3.94. The number of nitrogens with zero attached hydrogens (tertiary/aromatic N) is 1. The summed E-state index contributed by atoms with van der Waals surface area (Å²) < 4.78 is 0. The zero-order valence-electron chi connectivity index (χ0n) is 13.2. The van der Waals surface area contributed by atoms with Crippen LogP contribution >= 0.6 is 0 Å². The second-order valence-corrected chi connectivity index (χ2v) is 6.95. The summed E-state index contributed by atoms with van der Waals surface area (Å²) in [7, 11) is 0. The SMILES string of the molecule is C[C@@H](C1CCC(C(N)=O)CC1)N(O)[C@H]1C[C@H]1c1ccccc1. The number of primary amides is 1. The van der Waals surface area contributed by atoms with Crippen molar-refractivity contribution in [2.45, 2.75) is 57.0 Å². The Labute approximate surface area is 132 Å². The van der Waals surface area contributed by atoms with Crippen LogP contribution in [0.5, 0.6) is 0 Å². The van der Waals surface area contributed by atoms with Crippen molar-refractivity contribution >= 4 is 5.91 Å². The largest absolute Gasteiger partial charge is 0.369 e. The highest BCUT2D eigenvalue weighted by Gasteiger charge is 2.45. The molecule has 3 rings (SSSR count). The van der Waals surface area contributed by atoms with Crippen molar-refractivity contribution in [2.75, 3.05) is 0 Å². The first-order valence-electron chi connectivity index (χ1n) is 8.39. The third-order valence-corrected chi connectivity index (χ3v) is 5.60. The van der Waals surface area contributed by atoms with Gasteiger partial charge in [0.25, 0.3) is 0 Å². The maximum atomic E-state index is 11.2. The number of carbonyl (C=O) groups is 1. The Morgan fingerprint density at radius 2 is 1.86 bits per heavy atom. The molecular weight excluding hydrogens is 276 g/mol. The van der Waals surface area contributed by atoms with Crippen LogP contribution in [0.1, 0.15) is 50.5 Å². The van der Waals surface area contributed by atoms with Crippen LogP contribution in [0, 0.1) is 11.8 Å². The van der Waals surface area contributed by atoms with Crippen molar-refractivity contribution in [3.63, 3.8) is 0 Å². The van der Waals surface area contributed by atoms with Gasteiger partial charge in [-0.25, -0.2) is 0 Å². The number of hydrogen-bond acceptors (Lipinski definition) is 3. The molecule has 0 saturated heterocycles. The first-order valence-corrected chi connectivity index (χ1v) is 8.39. The van der Waals surface area contributed by atoms with E-state index in [1.54, 1.807) is 5.06 Å². The maximum Gasteiger partial charge on any atom is 0.220 e. The van der Waals surface area contributed by atoms with Gasteiger partial charge in [0.1, 0.15) is 0 Å². The second-order valence-electron chi connectivity index (χ2n) is 6.95. The fraction of sp³-hybridized carbons (Fsp3) is 0.611. The van der Waals surface area contributed by atoms with Gasteiger partial charge in [0, 0.05) is 23.9 Å². The molecule has 0 aliphatic heterocycles. The molecule has 0 unspecified atom stereocenters. The molecule has 0 aromatic heterocycles. The lowest BCUT2D eigenvalue weighted by Crippen LogP contribution is -2.40. The second kappa shape index (κ2) is 6.39. The van der Waals surface area contributed by atoms with Gasteiger partial charge in [0.05, 0.1) is 0 Å². The maximum absolute atomic E-state index is 11.2. The number of rotatable bonds is 5. The summed E-state index contributed by atoms with van der Waals surface area (Å²) in [5, 5.41) is 12.1. The molecule has 0 heterocycles. The van der Waals surface area contributed by atoms with E-state index in [0.717, 1.165) is 32.1 Å². The van der Waals surface area contributed by atoms with E-state index in [4.69, 9.17) is 5.73 Å². The van der Waals surface area contributed by atoms with Crippen molar-refractivity contribution in [3.8, 4) is 0 Å². The Bertz CT molecular complexity index is 511. The number of amides is 1. The topological polar surface area (TPSA) is 66.6 Å². The molecule has 0 spiro atoms. The summed E-state index contributed by atoms with van der Waals surface area (Å²) in [6.45, 7) is 2.11. The molecule has 120 valence electrons. The van der Waals surface area contributed by atoms with Crippen molar-refractivity contribution in [1.82, 2.24) is 5.06 Å². The first-order chi connectivity index (χ1) is 10.6. The Hall–Kier alpha value is -1.39. The monoisotopic (exact) mass is 302 g/mol. The zero-order chi connectivity index (χ0) is 15.7. The number of carbonyl (C=O) groups excluding carboxylic acids is 1. The van der Waals surface area contributed by atoms with Gasteiger partial charge < -0.3 is 10.9 Å². The minimum Gasteiger partial charge on any atom is -0.369 e. The van der Waals surface area contributed by atoms with Gasteiger partial charge in [-0.05, 0) is 50.5 Å². The molecule has 3 atom stereocenters. The Morgan fingerprint density at radius 3 is 2.45 bits per heavy atom. The minimum atomic E-state index is -0.168. The van der Waals surface area contributed by atoms with Crippen molar-refractivity contribution < 1.29 is 10.0 Å². The normalized spacial score (nSPS) is 32.7. The molecule has 3 N–H and O–H groups in total. The van der Waals surface area contributed by atoms with Gasteiger partial charge in [-0.15, -0.1) is 0 Å². The molecule has 1 aromatic rings. The van der Waals surface area contributed by atoms with Gasteiger partial charge in [0.15, 0.2) is 0 Å². The average molecular weight is 302 g/mol. The number of hydroxylamine groups is 2. The fourth-order valence-corrected chi connectivity index (χ4v) is 3.94. The summed E-state index contributed by atoms with van der Waals surface area (Å²) in [5.41, 5.74) is 6.71. The highest BCUT2D eigenvalue weighted by Crippen LogP contribution is 2.46. The molecule has 0 radical (unpaired) electrons. The lowest BCUT2D eigenvalue weighted by molar-refractivity contribution is -0.150. The van der Waals surface area contributed by atoms with E-state index in [0.29, 0.717) is 11.8 Å². The Morgan fingerprint density at radius 1 is 1.23 bits per heavy atom. The highest BCUT2D eigenvalue weighted by atomic mass is 16.5. The molecule has 22 heavy (non-hydrogen) atoms. The quantitative estimate of drug-likeness (QED) is 0.822. The molecule has 1 aromatic carbocycles. The molecule has 4 heteroatoms. The lowest BCUT2D eigenvalue weighted by atomic mass is 9.78. The van der Waals surface area contributed by atoms with Gasteiger partial charge in [-0.1, -0.05) is 30.3 Å². The number of hydrogen-bond donors (Lipinski definition) is 2. The van der Waals surface area contributed by atoms with Gasteiger partial charge in [-0.2, -0.15) is 5.06 Å². The standard InChI is InChI=1S/C18H26N2O2/c1-12(13-7-9-15(10-8-13)18(19)21)20(22)17-11-16(17)14-5-3-2-4-6-14/h2-6,12-13,15-17,22H,7-11H2,1H3,(H2,19,21)/t12-,13?,15?,16-,17-/m0/s1. The zero-order valence-corrected chi connectivity index (χ0v) is 13.2. The van der Waals surface area contributed by atoms with Crippen LogP contribution < -0.4 is 5.73 Å². The summed E-state index contributed by atoms with van der Waals surface area (Å²) in [4.78, 5) is 11.2. The summed E-state index contributed by atoms with van der Waals surface area (Å²) in [6.07, 6.45) is 4.72. The van der Waals surface area contributed by atoms with Crippen LogP contribution in [0.2, 0.25) is 0 Å². The van der Waals surface area contributed by atoms with Crippen molar-refractivity contribution in [1.29, 1.82) is 0 Å². The van der Waals surface area contributed by atoms with Crippen LogP contribution in [0.15, 0.2) is 30.3 Å². The predicted molar refractivity (Wildman–Crippen MR) is 85.3 cm³/mol. The Balaban J connectivity index is 1.53. The van der Waals surface area contributed by atoms with Gasteiger partial charge >= 0.3 is 0 Å². The van der Waals surface area contributed by atoms with Gasteiger partial charge in [0.2, 0.25) is 5.91 Å². The predicted octanol–water partition coefficient (Wildman–Crippen LogP) is 2.91. The van der Waals surface area contributed by atoms with Crippen LogP contribution in [0.3, 0.4) is 0 Å². The summed E-state index contributed by atoms with van der Waals surface area (Å²) in [6, 6.07) is 10.8. The molecule has 1 amide bonds. The van der Waals surface area contributed by atoms with E-state index in [9.17, 15) is 10.0 Å². The Kier molecular flexibility index (Phi) is 4.50. The van der Waals surface area contributed by atoms with Gasteiger partial charge in [-0.3, -0.25) is 4.79 Å². The molecule has 2 fully saturated rings. The lowest BCUT2D eigenvalue weighted by Gasteiger charge is -2.35. The van der Waals surface area contributed by atoms with E-state index in [1.807, 2.05) is 6.07 Å². The van der Waals surface area contributed by atoms with E-state index in [-0.39, 0.29) is 23.9 Å². The van der Waals surface area contributed by atoms with Crippen LogP contribution in [-0.2, 0) is 4.79 Å². The smallest absolute Gasteiger partial charge is 0.220 e. The van der Waals surface area contributed by atoms with E-state index >= 15 is 0 Å². The highest BCUT2D eigenvalue weighted by molar-refractivity contribution is 5.76. The molecule has 2 saturated carbocycles. The molecule has 4 nitrogen and oxygen atoms in total. The third kappa shape index (κ3) is 3.18. The third-order valence-electron chi connectivity index (χ3n) is 5.60. The molecule has 0 bridgehead atoms. The molecule has 2 aliphatic rings. The van der Waals surface area contributed by atoms with Crippen LogP contribution in [-0.4, -0.2) is 28.3 Å². The van der Waals surface area contributed by atoms with E-state index in [1.165, 1.54) is 5.56 Å². The first kappa shape index (κ1) is 15.5. The van der Waals surface area contributed by atoms with Crippen LogP contribution in [0.25, 0.3) is 0 Å². The van der Waals surface area contributed by atoms with E-state index < -0.39 is 0 Å². The van der Waals surface area contributed by atoms with E-state index in [2.05, 4.69) is 31.2 Å². The summed E-state index contributed by atoms with van der Waals surface area (Å²) in [5.74, 6) is 0.778. The van der Waals surface area contributed by atoms with Crippen molar-refractivity contribution in [2.24, 2.45) is 17.6 Å². The minimum absolute atomic E-state index is 0.0357. The molecular formula is C18H26N2O2. The average Bonchev–Trinajstić information content (AvgIpc) is 3.35. The molecule has 2 aliphatic carbocycles. The summed E-state index contributed by atoms with van der Waals surface area (Å²) >= 11 is 0. The number of nitrogens with two attached hydrogens (primary N) is 1. The van der Waals surface area contributed by atoms with Crippen LogP contribution in [0.4, 0.5) is 0 Å². The van der Waals surface area contributed by atoms with Crippen molar-refractivity contribution in [3.05, 3.63) is 35.9 Å².